The summed E-state index contributed by atoms with van der Waals surface area (Å²) in [6, 6.07) is 4.08. The summed E-state index contributed by atoms with van der Waals surface area (Å²) in [6.07, 6.45) is 8.03. The fraction of sp³-hybridized carbons (Fsp3) is 0.643. The maximum atomic E-state index is 8.96. The van der Waals surface area contributed by atoms with Gasteiger partial charge in [0, 0.05) is 19.0 Å². The van der Waals surface area contributed by atoms with Gasteiger partial charge in [0.1, 0.15) is 0 Å². The highest BCUT2D eigenvalue weighted by Crippen LogP contribution is 2.09. The molecule has 96 valence electrons. The number of aromatic nitrogens is 1. The normalized spacial score (nSPS) is 12.6. The molecule has 1 aromatic heterocycles. The van der Waals surface area contributed by atoms with E-state index in [-0.39, 0.29) is 0 Å². The molecule has 0 bridgehead atoms. The Morgan fingerprint density at radius 2 is 2.29 bits per heavy atom. The van der Waals surface area contributed by atoms with Gasteiger partial charge in [-0.2, -0.15) is 0 Å². The van der Waals surface area contributed by atoms with Crippen LogP contribution in [0, 0.1) is 5.92 Å². The molecule has 0 radical (unpaired) electrons. The average Bonchev–Trinajstić information content (AvgIpc) is 2.36. The second-order valence-electron chi connectivity index (χ2n) is 4.48. The quantitative estimate of drug-likeness (QED) is 0.645. The first-order valence-electron chi connectivity index (χ1n) is 6.57. The fourth-order valence-corrected chi connectivity index (χ4v) is 2.02. The first-order chi connectivity index (χ1) is 8.36. The molecule has 3 heteroatoms. The van der Waals surface area contributed by atoms with Gasteiger partial charge in [-0.1, -0.05) is 19.4 Å². The molecule has 2 N–H and O–H groups in total. The molecule has 0 amide bonds. The number of hydrogen-bond donors (Lipinski definition) is 2. The molecule has 1 unspecified atom stereocenters. The maximum absolute atomic E-state index is 8.96. The van der Waals surface area contributed by atoms with Crippen LogP contribution in [0.15, 0.2) is 24.5 Å². The minimum atomic E-state index is 0.301. The molecule has 1 aromatic rings. The summed E-state index contributed by atoms with van der Waals surface area (Å²) in [5.74, 6) is 0.610. The molecular formula is C14H24N2O. The third-order valence-corrected chi connectivity index (χ3v) is 2.98. The number of aliphatic hydroxyl groups excluding tert-OH is 1. The van der Waals surface area contributed by atoms with E-state index < -0.39 is 0 Å². The molecule has 0 aliphatic rings. The van der Waals surface area contributed by atoms with Crippen molar-refractivity contribution >= 4 is 0 Å². The van der Waals surface area contributed by atoms with Gasteiger partial charge in [0.05, 0.1) is 0 Å². The summed E-state index contributed by atoms with van der Waals surface area (Å²) in [7, 11) is 0. The van der Waals surface area contributed by atoms with Crippen molar-refractivity contribution in [3.8, 4) is 0 Å². The summed E-state index contributed by atoms with van der Waals surface area (Å²) in [5, 5.41) is 12.4. The van der Waals surface area contributed by atoms with Gasteiger partial charge < -0.3 is 10.4 Å². The van der Waals surface area contributed by atoms with Gasteiger partial charge in [-0.15, -0.1) is 0 Å². The zero-order valence-electron chi connectivity index (χ0n) is 10.7. The predicted molar refractivity (Wildman–Crippen MR) is 70.9 cm³/mol. The fourth-order valence-electron chi connectivity index (χ4n) is 2.02. The molecule has 1 heterocycles. The summed E-state index contributed by atoms with van der Waals surface area (Å²) in [6.45, 7) is 4.49. The standard InChI is InChI=1S/C14H24N2O/c1-2-4-13(7-10-17)11-16-9-6-14-5-3-8-15-12-14/h3,5,8,12-13,16-17H,2,4,6-7,9-11H2,1H3. The van der Waals surface area contributed by atoms with Crippen molar-refractivity contribution in [2.24, 2.45) is 5.92 Å². The molecule has 3 nitrogen and oxygen atoms in total. The van der Waals surface area contributed by atoms with Crippen LogP contribution in [0.1, 0.15) is 31.7 Å². The van der Waals surface area contributed by atoms with Crippen LogP contribution in [0.2, 0.25) is 0 Å². The number of rotatable bonds is 9. The molecule has 0 aromatic carbocycles. The van der Waals surface area contributed by atoms with Crippen LogP contribution >= 0.6 is 0 Å². The van der Waals surface area contributed by atoms with Gasteiger partial charge >= 0.3 is 0 Å². The van der Waals surface area contributed by atoms with E-state index in [0.717, 1.165) is 25.9 Å². The number of aliphatic hydroxyl groups is 1. The van der Waals surface area contributed by atoms with Gasteiger partial charge in [0.2, 0.25) is 0 Å². The molecular weight excluding hydrogens is 212 g/mol. The van der Waals surface area contributed by atoms with Gasteiger partial charge in [0.15, 0.2) is 0 Å². The monoisotopic (exact) mass is 236 g/mol. The highest BCUT2D eigenvalue weighted by molar-refractivity contribution is 5.08. The minimum absolute atomic E-state index is 0.301. The van der Waals surface area contributed by atoms with Crippen molar-refractivity contribution in [1.29, 1.82) is 0 Å². The Kier molecular flexibility index (Phi) is 7.60. The smallest absolute Gasteiger partial charge is 0.0434 e. The highest BCUT2D eigenvalue weighted by Gasteiger charge is 2.06. The molecule has 0 aliphatic heterocycles. The second-order valence-corrected chi connectivity index (χ2v) is 4.48. The molecule has 1 rings (SSSR count). The van der Waals surface area contributed by atoms with Gasteiger partial charge in [-0.05, 0) is 49.9 Å². The van der Waals surface area contributed by atoms with Crippen LogP contribution < -0.4 is 5.32 Å². The molecule has 1 atom stereocenters. The van der Waals surface area contributed by atoms with E-state index in [2.05, 4.69) is 23.3 Å². The van der Waals surface area contributed by atoms with Crippen LogP contribution in [0.5, 0.6) is 0 Å². The third-order valence-electron chi connectivity index (χ3n) is 2.98. The van der Waals surface area contributed by atoms with Crippen molar-refractivity contribution < 1.29 is 5.11 Å². The number of nitrogens with zero attached hydrogens (tertiary/aromatic N) is 1. The number of pyridine rings is 1. The van der Waals surface area contributed by atoms with Crippen LogP contribution in [0.4, 0.5) is 0 Å². The molecule has 0 saturated heterocycles. The lowest BCUT2D eigenvalue weighted by atomic mass is 10.0. The lowest BCUT2D eigenvalue weighted by Crippen LogP contribution is -2.25. The third kappa shape index (κ3) is 6.39. The molecule has 17 heavy (non-hydrogen) atoms. The SMILES string of the molecule is CCCC(CCO)CNCCc1cccnc1. The first-order valence-corrected chi connectivity index (χ1v) is 6.57. The highest BCUT2D eigenvalue weighted by atomic mass is 16.3. The van der Waals surface area contributed by atoms with Gasteiger partial charge in [-0.3, -0.25) is 4.98 Å². The van der Waals surface area contributed by atoms with E-state index in [1.807, 2.05) is 12.3 Å². The molecule has 0 spiro atoms. The molecule has 0 fully saturated rings. The Hall–Kier alpha value is -0.930. The second kappa shape index (κ2) is 9.14. The Bertz CT molecular complexity index is 271. The Labute approximate surface area is 104 Å². The summed E-state index contributed by atoms with van der Waals surface area (Å²) in [5.41, 5.74) is 1.27. The van der Waals surface area contributed by atoms with Crippen LogP contribution in [0.25, 0.3) is 0 Å². The van der Waals surface area contributed by atoms with E-state index in [4.69, 9.17) is 5.11 Å². The van der Waals surface area contributed by atoms with Crippen molar-refractivity contribution in [3.05, 3.63) is 30.1 Å². The van der Waals surface area contributed by atoms with Crippen molar-refractivity contribution in [1.82, 2.24) is 10.3 Å². The van der Waals surface area contributed by atoms with E-state index >= 15 is 0 Å². The minimum Gasteiger partial charge on any atom is -0.396 e. The van der Waals surface area contributed by atoms with Crippen LogP contribution in [-0.2, 0) is 6.42 Å². The predicted octanol–water partition coefficient (Wildman–Crippen LogP) is 2.01. The van der Waals surface area contributed by atoms with Crippen LogP contribution in [-0.4, -0.2) is 29.8 Å². The van der Waals surface area contributed by atoms with E-state index in [1.165, 1.54) is 18.4 Å². The van der Waals surface area contributed by atoms with Gasteiger partial charge in [-0.25, -0.2) is 0 Å². The molecule has 0 aliphatic carbocycles. The topological polar surface area (TPSA) is 45.1 Å². The van der Waals surface area contributed by atoms with E-state index in [1.54, 1.807) is 6.20 Å². The zero-order valence-corrected chi connectivity index (χ0v) is 10.7. The van der Waals surface area contributed by atoms with E-state index in [0.29, 0.717) is 12.5 Å². The first kappa shape index (κ1) is 14.1. The van der Waals surface area contributed by atoms with Crippen molar-refractivity contribution in [2.45, 2.75) is 32.6 Å². The summed E-state index contributed by atoms with van der Waals surface area (Å²) < 4.78 is 0. The van der Waals surface area contributed by atoms with Crippen molar-refractivity contribution in [3.63, 3.8) is 0 Å². The summed E-state index contributed by atoms with van der Waals surface area (Å²) in [4.78, 5) is 4.10. The largest absolute Gasteiger partial charge is 0.396 e. The summed E-state index contributed by atoms with van der Waals surface area (Å²) >= 11 is 0. The van der Waals surface area contributed by atoms with Gasteiger partial charge in [0.25, 0.3) is 0 Å². The van der Waals surface area contributed by atoms with Crippen molar-refractivity contribution in [2.75, 3.05) is 19.7 Å². The Morgan fingerprint density at radius 3 is 2.94 bits per heavy atom. The maximum Gasteiger partial charge on any atom is 0.0434 e. The number of nitrogens with one attached hydrogen (secondary N) is 1. The zero-order chi connectivity index (χ0) is 12.3. The lowest BCUT2D eigenvalue weighted by Gasteiger charge is -2.15. The molecule has 0 saturated carbocycles. The number of hydrogen-bond acceptors (Lipinski definition) is 3. The Balaban J connectivity index is 2.13. The van der Waals surface area contributed by atoms with Crippen LogP contribution in [0.3, 0.4) is 0 Å². The Morgan fingerprint density at radius 1 is 1.41 bits per heavy atom. The lowest BCUT2D eigenvalue weighted by molar-refractivity contribution is 0.248. The average molecular weight is 236 g/mol. The van der Waals surface area contributed by atoms with E-state index in [9.17, 15) is 0 Å².